The van der Waals surface area contributed by atoms with Gasteiger partial charge < -0.3 is 10.6 Å². The van der Waals surface area contributed by atoms with Gasteiger partial charge in [0.15, 0.2) is 10.8 Å². The van der Waals surface area contributed by atoms with Crippen molar-refractivity contribution in [3.63, 3.8) is 0 Å². The fourth-order valence-electron chi connectivity index (χ4n) is 1.68. The molecule has 0 aromatic rings. The number of hydrogen-bond acceptors (Lipinski definition) is 7. The first-order valence-electron chi connectivity index (χ1n) is 7.73. The maximum absolute atomic E-state index is 12.4. The van der Waals surface area contributed by atoms with Gasteiger partial charge in [-0.15, -0.1) is 23.5 Å². The number of carbonyl (C=O) groups excluding carboxylic acids is 4. The van der Waals surface area contributed by atoms with Gasteiger partial charge in [-0.2, -0.15) is 0 Å². The molecule has 0 saturated heterocycles. The van der Waals surface area contributed by atoms with Gasteiger partial charge in [0.25, 0.3) is 0 Å². The quantitative estimate of drug-likeness (QED) is 0.549. The number of hydrogen-bond donors (Lipinski definition) is 2. The Morgan fingerprint density at radius 1 is 0.846 bits per heavy atom. The molecule has 0 bridgehead atoms. The van der Waals surface area contributed by atoms with Gasteiger partial charge in [0.2, 0.25) is 22.0 Å². The minimum Gasteiger partial charge on any atom is -0.345 e. The first-order chi connectivity index (χ1) is 12.2. The molecule has 0 spiro atoms. The Hall–Kier alpha value is -1.39. The van der Waals surface area contributed by atoms with Crippen LogP contribution in [0.3, 0.4) is 0 Å². The predicted molar refractivity (Wildman–Crippen MR) is 108 cm³/mol. The Bertz CT molecular complexity index is 555. The predicted octanol–water partition coefficient (Wildman–Crippen LogP) is 1.33. The van der Waals surface area contributed by atoms with E-state index in [1.165, 1.54) is 37.4 Å². The Labute approximate surface area is 164 Å². The maximum Gasteiger partial charge on any atom is 0.249 e. The highest BCUT2D eigenvalue weighted by Crippen LogP contribution is 2.11. The fourth-order valence-corrected chi connectivity index (χ4v) is 4.35. The summed E-state index contributed by atoms with van der Waals surface area (Å²) in [7, 11) is -2.50. The van der Waals surface area contributed by atoms with Crippen LogP contribution >= 0.6 is 23.5 Å². The Morgan fingerprint density at radius 3 is 1.46 bits per heavy atom. The molecule has 26 heavy (non-hydrogen) atoms. The molecule has 0 aromatic heterocycles. The van der Waals surface area contributed by atoms with Crippen molar-refractivity contribution in [2.24, 2.45) is 0 Å². The third-order valence-electron chi connectivity index (χ3n) is 2.68. The van der Waals surface area contributed by atoms with E-state index in [0.29, 0.717) is 0 Å². The second-order valence-corrected chi connectivity index (χ2v) is 8.24. The van der Waals surface area contributed by atoms with E-state index in [-0.39, 0.29) is 11.5 Å². The Kier molecular flexibility index (Phi) is 13.0. The normalized spacial score (nSPS) is 13.7. The highest BCUT2D eigenvalue weighted by molar-refractivity contribution is 8.14. The zero-order chi connectivity index (χ0) is 20.1. The van der Waals surface area contributed by atoms with Crippen LogP contribution in [-0.2, 0) is 30.0 Å². The van der Waals surface area contributed by atoms with Crippen LogP contribution in [0.15, 0.2) is 23.0 Å². The number of amides is 2. The first kappa shape index (κ1) is 24.6. The molecule has 2 atom stereocenters. The lowest BCUT2D eigenvalue weighted by atomic mass is 10.3. The van der Waals surface area contributed by atoms with E-state index in [1.807, 2.05) is 0 Å². The molecule has 0 aromatic carbocycles. The lowest BCUT2D eigenvalue weighted by Gasteiger charge is -2.18. The van der Waals surface area contributed by atoms with Crippen molar-refractivity contribution in [1.29, 1.82) is 0 Å². The number of thioether (sulfide) groups is 2. The van der Waals surface area contributed by atoms with E-state index in [4.69, 9.17) is 0 Å². The van der Waals surface area contributed by atoms with E-state index < -0.39 is 44.9 Å². The summed E-state index contributed by atoms with van der Waals surface area (Å²) in [5, 5.41) is 6.51. The average Bonchev–Trinajstić information content (AvgIpc) is 2.57. The van der Waals surface area contributed by atoms with E-state index in [0.717, 1.165) is 0 Å². The van der Waals surface area contributed by atoms with Gasteiger partial charge in [0.05, 0.1) is 0 Å². The monoisotopic (exact) mass is 420 g/mol. The maximum atomic E-state index is 12.4. The van der Waals surface area contributed by atoms with Crippen molar-refractivity contribution in [1.82, 2.24) is 10.6 Å². The summed E-state index contributed by atoms with van der Waals surface area (Å²) in [6, 6.07) is -2.11. The molecule has 0 aliphatic heterocycles. The molecule has 2 amide bonds. The summed E-state index contributed by atoms with van der Waals surface area (Å²) < 4.78 is 12.4. The van der Waals surface area contributed by atoms with Crippen LogP contribution < -0.4 is 10.6 Å². The van der Waals surface area contributed by atoms with Gasteiger partial charge in [-0.3, -0.25) is 19.2 Å². The van der Waals surface area contributed by atoms with E-state index >= 15 is 0 Å². The largest absolute Gasteiger partial charge is 0.345 e. The van der Waals surface area contributed by atoms with Crippen LogP contribution in [-0.4, -0.2) is 49.8 Å². The van der Waals surface area contributed by atoms with Gasteiger partial charge in [-0.25, -0.2) is 4.21 Å². The molecular weight excluding hydrogens is 396 g/mol. The number of rotatable bonds is 10. The minimum atomic E-state index is -2.50. The molecule has 0 rings (SSSR count). The third kappa shape index (κ3) is 9.93. The number of allylic oxidation sites excluding steroid dienone is 2. The van der Waals surface area contributed by atoms with Crippen molar-refractivity contribution in [2.45, 2.75) is 39.8 Å². The van der Waals surface area contributed by atoms with Gasteiger partial charge in [0, 0.05) is 25.4 Å². The molecule has 0 saturated carbocycles. The van der Waals surface area contributed by atoms with Crippen molar-refractivity contribution >= 4 is 56.4 Å². The molecule has 10 heteroatoms. The molecule has 7 nitrogen and oxygen atoms in total. The van der Waals surface area contributed by atoms with E-state index in [9.17, 15) is 23.4 Å². The smallest absolute Gasteiger partial charge is 0.249 e. The fraction of sp³-hybridized carbons (Fsp3) is 0.500. The van der Waals surface area contributed by atoms with E-state index in [1.54, 1.807) is 36.8 Å². The van der Waals surface area contributed by atoms with Crippen LogP contribution in [0.4, 0.5) is 0 Å². The van der Waals surface area contributed by atoms with Gasteiger partial charge in [-0.05, 0) is 24.7 Å². The first-order valence-corrected chi connectivity index (χ1v) is 11.0. The second kappa shape index (κ2) is 13.8. The van der Waals surface area contributed by atoms with Crippen LogP contribution in [0.25, 0.3) is 0 Å². The van der Waals surface area contributed by atoms with Crippen LogP contribution in [0.2, 0.25) is 0 Å². The zero-order valence-corrected chi connectivity index (χ0v) is 17.6. The van der Waals surface area contributed by atoms with Crippen molar-refractivity contribution < 1.29 is 23.4 Å². The molecule has 2 N–H and O–H groups in total. The molecule has 146 valence electrons. The summed E-state index contributed by atoms with van der Waals surface area (Å²) in [5.74, 6) is -0.619. The molecule has 0 heterocycles. The van der Waals surface area contributed by atoms with Crippen molar-refractivity contribution in [2.75, 3.05) is 11.5 Å². The SMILES string of the molecule is C/C=C\SC[C@H](NC(C)=O)C(=O)S(=O)C(=O)[C@H](CS/C=C\C)NC(C)=O. The van der Waals surface area contributed by atoms with E-state index in [2.05, 4.69) is 10.6 Å². The summed E-state index contributed by atoms with van der Waals surface area (Å²) in [5.41, 5.74) is 0. The topological polar surface area (TPSA) is 109 Å². The van der Waals surface area contributed by atoms with Crippen LogP contribution in [0.1, 0.15) is 27.7 Å². The number of carbonyl (C=O) groups is 4. The Balaban J connectivity index is 5.22. The highest BCUT2D eigenvalue weighted by Gasteiger charge is 2.34. The highest BCUT2D eigenvalue weighted by atomic mass is 32.2. The van der Waals surface area contributed by atoms with Gasteiger partial charge in [0.1, 0.15) is 12.1 Å². The summed E-state index contributed by atoms with van der Waals surface area (Å²) in [4.78, 5) is 47.4. The lowest BCUT2D eigenvalue weighted by molar-refractivity contribution is -0.123. The molecule has 0 aliphatic carbocycles. The van der Waals surface area contributed by atoms with Crippen LogP contribution in [0, 0.1) is 0 Å². The molecule has 0 radical (unpaired) electrons. The molecule has 0 unspecified atom stereocenters. The van der Waals surface area contributed by atoms with Crippen LogP contribution in [0.5, 0.6) is 0 Å². The van der Waals surface area contributed by atoms with Gasteiger partial charge >= 0.3 is 0 Å². The van der Waals surface area contributed by atoms with Crippen molar-refractivity contribution in [3.8, 4) is 0 Å². The minimum absolute atomic E-state index is 0.153. The standard InChI is InChI=1S/C16H24N2O5S3/c1-5-7-24-9-13(17-11(3)19)15(21)26(23)16(22)14(18-12(4)20)10-25-8-6-2/h5-8,13-14H,9-10H2,1-4H3,(H,17,19)(H,18,20)/b7-5-,8-6-/t13-,14-/m0/s1. The average molecular weight is 421 g/mol. The molecule has 0 fully saturated rings. The summed E-state index contributed by atoms with van der Waals surface area (Å²) in [6.45, 7) is 6.06. The summed E-state index contributed by atoms with van der Waals surface area (Å²) >= 11 is 2.50. The Morgan fingerprint density at radius 2 is 1.19 bits per heavy atom. The zero-order valence-electron chi connectivity index (χ0n) is 15.1. The van der Waals surface area contributed by atoms with Gasteiger partial charge in [-0.1, -0.05) is 12.2 Å². The molecular formula is C16H24N2O5S3. The van der Waals surface area contributed by atoms with Crippen molar-refractivity contribution in [3.05, 3.63) is 23.0 Å². The summed E-state index contributed by atoms with van der Waals surface area (Å²) in [6.07, 6.45) is 3.51. The second-order valence-electron chi connectivity index (χ2n) is 5.02. The molecule has 0 aliphatic rings. The number of nitrogens with one attached hydrogen (secondary N) is 2. The lowest BCUT2D eigenvalue weighted by Crippen LogP contribution is -2.49. The third-order valence-corrected chi connectivity index (χ3v) is 5.96.